The van der Waals surface area contributed by atoms with Crippen molar-refractivity contribution in [1.82, 2.24) is 9.88 Å². The zero-order valence-electron chi connectivity index (χ0n) is 16.1. The van der Waals surface area contributed by atoms with Gasteiger partial charge in [-0.2, -0.15) is 0 Å². The van der Waals surface area contributed by atoms with Crippen molar-refractivity contribution >= 4 is 17.2 Å². The minimum atomic E-state index is -0.362. The van der Waals surface area contributed by atoms with E-state index in [-0.39, 0.29) is 17.6 Å². The van der Waals surface area contributed by atoms with E-state index >= 15 is 0 Å². The molecule has 0 N–H and O–H groups in total. The molecule has 2 fully saturated rings. The lowest BCUT2D eigenvalue weighted by Gasteiger charge is -2.41. The largest absolute Gasteiger partial charge is 0.375 e. The molecule has 3 heterocycles. The highest BCUT2D eigenvalue weighted by atomic mass is 32.1. The highest BCUT2D eigenvalue weighted by molar-refractivity contribution is 7.13. The van der Waals surface area contributed by atoms with Crippen LogP contribution in [0.1, 0.15) is 49.2 Å². The molecular formula is C21H26N2O3S. The molecule has 2 aliphatic rings. The highest BCUT2D eigenvalue weighted by Gasteiger charge is 2.47. The van der Waals surface area contributed by atoms with Crippen molar-refractivity contribution < 1.29 is 14.3 Å². The fourth-order valence-corrected chi connectivity index (χ4v) is 4.62. The van der Waals surface area contributed by atoms with Gasteiger partial charge in [-0.3, -0.25) is 4.79 Å². The number of amides is 1. The Bertz CT molecular complexity index is 817. The topological polar surface area (TPSA) is 51.7 Å². The number of carbonyl (C=O) groups is 1. The van der Waals surface area contributed by atoms with Gasteiger partial charge in [0.25, 0.3) is 5.91 Å². The van der Waals surface area contributed by atoms with Crippen molar-refractivity contribution in [3.8, 4) is 10.6 Å². The maximum Gasteiger partial charge on any atom is 0.273 e. The van der Waals surface area contributed by atoms with E-state index in [1.54, 1.807) is 0 Å². The second-order valence-electron chi connectivity index (χ2n) is 7.72. The van der Waals surface area contributed by atoms with E-state index < -0.39 is 0 Å². The molecule has 0 bridgehead atoms. The lowest BCUT2D eigenvalue weighted by atomic mass is 9.94. The summed E-state index contributed by atoms with van der Waals surface area (Å²) in [7, 11) is 0. The number of hydrogen-bond donors (Lipinski definition) is 0. The molecule has 0 radical (unpaired) electrons. The number of carbonyl (C=O) groups excluding carboxylic acids is 1. The van der Waals surface area contributed by atoms with Crippen molar-refractivity contribution in [3.63, 3.8) is 0 Å². The Morgan fingerprint density at radius 3 is 2.74 bits per heavy atom. The summed E-state index contributed by atoms with van der Waals surface area (Å²) in [5.74, 6) is 0.487. The van der Waals surface area contributed by atoms with Crippen LogP contribution in [-0.2, 0) is 9.47 Å². The molecule has 6 heteroatoms. The highest BCUT2D eigenvalue weighted by Crippen LogP contribution is 2.34. The summed E-state index contributed by atoms with van der Waals surface area (Å²) >= 11 is 1.52. The van der Waals surface area contributed by atoms with Gasteiger partial charge in [-0.05, 0) is 18.4 Å². The first-order valence-corrected chi connectivity index (χ1v) is 10.5. The predicted octanol–water partition coefficient (Wildman–Crippen LogP) is 3.95. The van der Waals surface area contributed by atoms with Gasteiger partial charge in [-0.25, -0.2) is 4.98 Å². The first-order chi connectivity index (χ1) is 13.0. The molecule has 2 unspecified atom stereocenters. The number of thiazole rings is 1. The number of morpholine rings is 1. The molecule has 1 amide bonds. The van der Waals surface area contributed by atoms with E-state index in [1.807, 2.05) is 17.2 Å². The summed E-state index contributed by atoms with van der Waals surface area (Å²) in [4.78, 5) is 19.5. The molecule has 5 nitrogen and oxygen atoms in total. The van der Waals surface area contributed by atoms with Crippen LogP contribution in [0.15, 0.2) is 29.6 Å². The van der Waals surface area contributed by atoms with E-state index in [9.17, 15) is 4.79 Å². The predicted molar refractivity (Wildman–Crippen MR) is 106 cm³/mol. The molecule has 2 saturated heterocycles. The number of benzene rings is 1. The van der Waals surface area contributed by atoms with E-state index in [1.165, 1.54) is 16.9 Å². The number of aromatic nitrogens is 1. The number of ether oxygens (including phenoxy) is 2. The molecule has 2 aromatic rings. The number of nitrogens with zero attached hydrogens (tertiary/aromatic N) is 2. The Balaban J connectivity index is 1.50. The van der Waals surface area contributed by atoms with Crippen molar-refractivity contribution in [1.29, 1.82) is 0 Å². The Labute approximate surface area is 164 Å². The molecule has 1 aromatic carbocycles. The van der Waals surface area contributed by atoms with Gasteiger partial charge in [0, 0.05) is 30.5 Å². The zero-order chi connectivity index (χ0) is 19.0. The van der Waals surface area contributed by atoms with Crippen LogP contribution in [0.3, 0.4) is 0 Å². The molecule has 0 saturated carbocycles. The molecule has 2 atom stereocenters. The molecule has 4 rings (SSSR count). The Morgan fingerprint density at radius 2 is 2.07 bits per heavy atom. The van der Waals surface area contributed by atoms with E-state index in [0.29, 0.717) is 37.9 Å². The normalized spacial score (nSPS) is 25.5. The number of hydrogen-bond acceptors (Lipinski definition) is 5. The van der Waals surface area contributed by atoms with Gasteiger partial charge in [0.15, 0.2) is 0 Å². The summed E-state index contributed by atoms with van der Waals surface area (Å²) in [6.07, 6.45) is 0.848. The molecule has 1 spiro atoms. The van der Waals surface area contributed by atoms with Gasteiger partial charge in [-0.15, -0.1) is 11.3 Å². The summed E-state index contributed by atoms with van der Waals surface area (Å²) in [6, 6.07) is 8.44. The van der Waals surface area contributed by atoms with Crippen molar-refractivity contribution in [2.24, 2.45) is 0 Å². The van der Waals surface area contributed by atoms with Crippen LogP contribution in [0, 0.1) is 0 Å². The fraction of sp³-hybridized carbons (Fsp3) is 0.524. The van der Waals surface area contributed by atoms with Crippen LogP contribution >= 0.6 is 11.3 Å². The summed E-state index contributed by atoms with van der Waals surface area (Å²) in [5.41, 5.74) is 2.52. The van der Waals surface area contributed by atoms with Gasteiger partial charge < -0.3 is 14.4 Å². The summed E-state index contributed by atoms with van der Waals surface area (Å²) in [5, 5.41) is 2.75. The number of rotatable bonds is 3. The monoisotopic (exact) mass is 386 g/mol. The van der Waals surface area contributed by atoms with Gasteiger partial charge in [0.05, 0.1) is 19.3 Å². The fourth-order valence-electron chi connectivity index (χ4n) is 3.82. The third-order valence-electron chi connectivity index (χ3n) is 5.68. The lowest BCUT2D eigenvalue weighted by Crippen LogP contribution is -2.56. The Hall–Kier alpha value is -1.76. The molecule has 2 aliphatic heterocycles. The smallest absolute Gasteiger partial charge is 0.273 e. The first kappa shape index (κ1) is 18.6. The Morgan fingerprint density at radius 1 is 1.30 bits per heavy atom. The summed E-state index contributed by atoms with van der Waals surface area (Å²) < 4.78 is 11.7. The maximum absolute atomic E-state index is 13.0. The Kier molecular flexibility index (Phi) is 5.05. The molecule has 27 heavy (non-hydrogen) atoms. The van der Waals surface area contributed by atoms with Gasteiger partial charge >= 0.3 is 0 Å². The van der Waals surface area contributed by atoms with Crippen molar-refractivity contribution in [2.75, 3.05) is 26.3 Å². The summed E-state index contributed by atoms with van der Waals surface area (Å²) in [6.45, 7) is 8.81. The van der Waals surface area contributed by atoms with E-state index in [2.05, 4.69) is 43.1 Å². The minimum Gasteiger partial charge on any atom is -0.375 e. The standard InChI is InChI=1S/C21H26N2O3S/c1-14(2)16-4-6-17(7-5-16)19-22-18(12-27-19)20(24)23-9-11-26-21(13-23)8-10-25-15(21)3/h4-7,12,14-15H,8-11,13H2,1-3H3. The molecule has 144 valence electrons. The third kappa shape index (κ3) is 3.53. The quantitative estimate of drug-likeness (QED) is 0.801. The first-order valence-electron chi connectivity index (χ1n) is 9.59. The van der Waals surface area contributed by atoms with Crippen LogP contribution in [-0.4, -0.2) is 53.8 Å². The minimum absolute atomic E-state index is 0.0126. The maximum atomic E-state index is 13.0. The molecular weight excluding hydrogens is 360 g/mol. The van der Waals surface area contributed by atoms with Crippen LogP contribution in [0.4, 0.5) is 0 Å². The van der Waals surface area contributed by atoms with E-state index in [4.69, 9.17) is 9.47 Å². The van der Waals surface area contributed by atoms with Gasteiger partial charge in [0.2, 0.25) is 0 Å². The second kappa shape index (κ2) is 7.34. The van der Waals surface area contributed by atoms with E-state index in [0.717, 1.165) is 17.0 Å². The molecule has 0 aliphatic carbocycles. The van der Waals surface area contributed by atoms with Gasteiger partial charge in [-0.1, -0.05) is 38.1 Å². The van der Waals surface area contributed by atoms with Gasteiger partial charge in [0.1, 0.15) is 16.3 Å². The average molecular weight is 387 g/mol. The second-order valence-corrected chi connectivity index (χ2v) is 8.58. The average Bonchev–Trinajstić information content (AvgIpc) is 3.29. The lowest BCUT2D eigenvalue weighted by molar-refractivity contribution is -0.126. The van der Waals surface area contributed by atoms with Crippen molar-refractivity contribution in [3.05, 3.63) is 40.9 Å². The van der Waals surface area contributed by atoms with Crippen LogP contribution < -0.4 is 0 Å². The third-order valence-corrected chi connectivity index (χ3v) is 6.57. The van der Waals surface area contributed by atoms with Crippen LogP contribution in [0.2, 0.25) is 0 Å². The zero-order valence-corrected chi connectivity index (χ0v) is 16.9. The van der Waals surface area contributed by atoms with Crippen molar-refractivity contribution in [2.45, 2.75) is 44.8 Å². The molecule has 1 aromatic heterocycles. The van der Waals surface area contributed by atoms with Crippen LogP contribution in [0.25, 0.3) is 10.6 Å². The van der Waals surface area contributed by atoms with Crippen LogP contribution in [0.5, 0.6) is 0 Å². The SMILES string of the molecule is CC(C)c1ccc(-c2nc(C(=O)N3CCOC4(CCOC4C)C3)cs2)cc1.